The lowest BCUT2D eigenvalue weighted by Crippen LogP contribution is -2.55. The first-order chi connectivity index (χ1) is 13.2. The SMILES string of the molecule is C=C1CCC2C(C)(C)[C@@H](O)CC[C@@]2(C)[C@H]1COc1ccc2ccc(=O)oc2c1. The van der Waals surface area contributed by atoms with Gasteiger partial charge in [0.2, 0.25) is 0 Å². The summed E-state index contributed by atoms with van der Waals surface area (Å²) in [7, 11) is 0. The molecule has 0 aliphatic heterocycles. The van der Waals surface area contributed by atoms with Gasteiger partial charge < -0.3 is 14.3 Å². The van der Waals surface area contributed by atoms with Gasteiger partial charge in [-0.15, -0.1) is 0 Å². The highest BCUT2D eigenvalue weighted by atomic mass is 16.5. The summed E-state index contributed by atoms with van der Waals surface area (Å²) in [4.78, 5) is 11.5. The number of benzene rings is 1. The number of aliphatic hydroxyl groups is 1. The van der Waals surface area contributed by atoms with E-state index in [4.69, 9.17) is 9.15 Å². The third-order valence-electron chi connectivity index (χ3n) is 7.56. The van der Waals surface area contributed by atoms with Crippen LogP contribution in [-0.4, -0.2) is 17.8 Å². The molecule has 1 N–H and O–H groups in total. The van der Waals surface area contributed by atoms with E-state index < -0.39 is 0 Å². The molecule has 0 bridgehead atoms. The highest BCUT2D eigenvalue weighted by molar-refractivity contribution is 5.77. The molecule has 0 saturated heterocycles. The van der Waals surface area contributed by atoms with Gasteiger partial charge in [0.1, 0.15) is 11.3 Å². The lowest BCUT2D eigenvalue weighted by molar-refractivity contribution is -0.128. The first kappa shape index (κ1) is 19.3. The van der Waals surface area contributed by atoms with Gasteiger partial charge in [-0.1, -0.05) is 32.9 Å². The zero-order valence-corrected chi connectivity index (χ0v) is 17.0. The summed E-state index contributed by atoms with van der Waals surface area (Å²) in [5, 5.41) is 11.5. The topological polar surface area (TPSA) is 59.7 Å². The highest BCUT2D eigenvalue weighted by Crippen LogP contribution is 2.60. The van der Waals surface area contributed by atoms with Crippen molar-refractivity contribution in [1.82, 2.24) is 0 Å². The third kappa shape index (κ3) is 3.08. The van der Waals surface area contributed by atoms with Crippen LogP contribution in [0.3, 0.4) is 0 Å². The van der Waals surface area contributed by atoms with Crippen molar-refractivity contribution >= 4 is 11.0 Å². The molecule has 1 aromatic carbocycles. The summed E-state index contributed by atoms with van der Waals surface area (Å²) in [6.07, 6.45) is 3.63. The Balaban J connectivity index is 1.58. The van der Waals surface area contributed by atoms with Crippen LogP contribution in [0.25, 0.3) is 11.0 Å². The Labute approximate surface area is 166 Å². The van der Waals surface area contributed by atoms with Crippen LogP contribution in [0.2, 0.25) is 0 Å². The minimum Gasteiger partial charge on any atom is -0.493 e. The Morgan fingerprint density at radius 2 is 1.96 bits per heavy atom. The second-order valence-electron chi connectivity index (χ2n) is 9.45. The second kappa shape index (κ2) is 6.77. The van der Waals surface area contributed by atoms with Gasteiger partial charge in [0.05, 0.1) is 12.7 Å². The van der Waals surface area contributed by atoms with Gasteiger partial charge in [-0.2, -0.15) is 0 Å². The molecule has 4 nitrogen and oxygen atoms in total. The van der Waals surface area contributed by atoms with E-state index in [9.17, 15) is 9.90 Å². The molecule has 1 heterocycles. The Kier molecular flexibility index (Phi) is 4.65. The third-order valence-corrected chi connectivity index (χ3v) is 7.56. The molecule has 4 rings (SSSR count). The van der Waals surface area contributed by atoms with E-state index in [0.29, 0.717) is 23.9 Å². The van der Waals surface area contributed by atoms with Crippen LogP contribution in [0.1, 0.15) is 46.5 Å². The standard InChI is InChI=1S/C24H30O4/c1-15-5-9-20-23(2,3)21(25)11-12-24(20,4)18(15)14-27-17-8-6-16-7-10-22(26)28-19(16)13-17/h6-8,10,13,18,20-21,25H,1,5,9,11-12,14H2,2-4H3/t18-,20?,21-,24-/m0/s1. The van der Waals surface area contributed by atoms with Crippen LogP contribution in [-0.2, 0) is 0 Å². The lowest BCUT2D eigenvalue weighted by Gasteiger charge is -2.59. The smallest absolute Gasteiger partial charge is 0.336 e. The maximum atomic E-state index is 11.5. The van der Waals surface area contributed by atoms with Gasteiger partial charge in [-0.05, 0) is 60.6 Å². The molecule has 2 aromatic rings. The van der Waals surface area contributed by atoms with E-state index in [1.54, 1.807) is 12.1 Å². The number of hydrogen-bond donors (Lipinski definition) is 1. The molecule has 4 atom stereocenters. The van der Waals surface area contributed by atoms with Crippen molar-refractivity contribution in [2.24, 2.45) is 22.7 Å². The van der Waals surface area contributed by atoms with Crippen molar-refractivity contribution in [3.05, 3.63) is 52.9 Å². The highest BCUT2D eigenvalue weighted by Gasteiger charge is 2.56. The molecule has 150 valence electrons. The fourth-order valence-electron chi connectivity index (χ4n) is 5.78. The van der Waals surface area contributed by atoms with Gasteiger partial charge in [-0.25, -0.2) is 4.79 Å². The number of fused-ring (bicyclic) bond motifs is 2. The maximum absolute atomic E-state index is 11.5. The summed E-state index contributed by atoms with van der Waals surface area (Å²) >= 11 is 0. The van der Waals surface area contributed by atoms with Crippen molar-refractivity contribution in [3.63, 3.8) is 0 Å². The summed E-state index contributed by atoms with van der Waals surface area (Å²) < 4.78 is 11.5. The molecule has 2 fully saturated rings. The van der Waals surface area contributed by atoms with Gasteiger partial charge in [0, 0.05) is 23.4 Å². The molecule has 2 aliphatic rings. The number of rotatable bonds is 3. The molecule has 2 aliphatic carbocycles. The first-order valence-corrected chi connectivity index (χ1v) is 10.2. The van der Waals surface area contributed by atoms with E-state index in [1.165, 1.54) is 11.6 Å². The number of ether oxygens (including phenoxy) is 1. The Bertz CT molecular complexity index is 956. The van der Waals surface area contributed by atoms with Crippen molar-refractivity contribution in [2.45, 2.75) is 52.6 Å². The second-order valence-corrected chi connectivity index (χ2v) is 9.45. The molecule has 0 spiro atoms. The molecule has 28 heavy (non-hydrogen) atoms. The summed E-state index contributed by atoms with van der Waals surface area (Å²) in [6, 6.07) is 8.80. The lowest BCUT2D eigenvalue weighted by atomic mass is 9.47. The molecule has 2 saturated carbocycles. The van der Waals surface area contributed by atoms with Crippen LogP contribution >= 0.6 is 0 Å². The Morgan fingerprint density at radius 3 is 2.75 bits per heavy atom. The number of hydrogen-bond acceptors (Lipinski definition) is 4. The van der Waals surface area contributed by atoms with Crippen LogP contribution in [0.4, 0.5) is 0 Å². The van der Waals surface area contributed by atoms with Crippen LogP contribution in [0, 0.1) is 22.7 Å². The van der Waals surface area contributed by atoms with Crippen molar-refractivity contribution in [1.29, 1.82) is 0 Å². The zero-order valence-electron chi connectivity index (χ0n) is 17.0. The maximum Gasteiger partial charge on any atom is 0.336 e. The first-order valence-electron chi connectivity index (χ1n) is 10.2. The monoisotopic (exact) mass is 382 g/mol. The van der Waals surface area contributed by atoms with Gasteiger partial charge in [0.25, 0.3) is 0 Å². The van der Waals surface area contributed by atoms with E-state index in [0.717, 1.165) is 31.1 Å². The van der Waals surface area contributed by atoms with E-state index in [1.807, 2.05) is 12.1 Å². The molecular weight excluding hydrogens is 352 g/mol. The normalized spacial score (nSPS) is 32.1. The molecule has 0 radical (unpaired) electrons. The molecule has 1 aromatic heterocycles. The number of aliphatic hydroxyl groups excluding tert-OH is 1. The fourth-order valence-corrected chi connectivity index (χ4v) is 5.78. The molecule has 0 amide bonds. The van der Waals surface area contributed by atoms with Gasteiger partial charge in [0.15, 0.2) is 0 Å². The average Bonchev–Trinajstić information content (AvgIpc) is 2.64. The minimum absolute atomic E-state index is 0.0709. The van der Waals surface area contributed by atoms with Crippen molar-refractivity contribution in [3.8, 4) is 5.75 Å². The predicted octanol–water partition coefficient (Wildman–Crippen LogP) is 4.94. The largest absolute Gasteiger partial charge is 0.493 e. The zero-order chi connectivity index (χ0) is 20.1. The van der Waals surface area contributed by atoms with E-state index in [-0.39, 0.29) is 28.5 Å². The Morgan fingerprint density at radius 1 is 1.21 bits per heavy atom. The fraction of sp³-hybridized carbons (Fsp3) is 0.542. The van der Waals surface area contributed by atoms with Gasteiger partial charge in [-0.3, -0.25) is 0 Å². The van der Waals surface area contributed by atoms with Crippen LogP contribution < -0.4 is 10.4 Å². The quantitative estimate of drug-likeness (QED) is 0.603. The average molecular weight is 383 g/mol. The molecular formula is C24H30O4. The molecule has 4 heteroatoms. The van der Waals surface area contributed by atoms with Crippen LogP contribution in [0.5, 0.6) is 5.75 Å². The Hall–Kier alpha value is -2.07. The minimum atomic E-state index is -0.358. The molecule has 1 unspecified atom stereocenters. The van der Waals surface area contributed by atoms with Crippen molar-refractivity contribution in [2.75, 3.05) is 6.61 Å². The van der Waals surface area contributed by atoms with Gasteiger partial charge >= 0.3 is 5.63 Å². The van der Waals surface area contributed by atoms with E-state index in [2.05, 4.69) is 27.4 Å². The van der Waals surface area contributed by atoms with Crippen LogP contribution in [0.15, 0.2) is 51.7 Å². The predicted molar refractivity (Wildman–Crippen MR) is 110 cm³/mol. The summed E-state index contributed by atoms with van der Waals surface area (Å²) in [5.41, 5.74) is 1.40. The summed E-state index contributed by atoms with van der Waals surface area (Å²) in [5.74, 6) is 1.39. The summed E-state index contributed by atoms with van der Waals surface area (Å²) in [6.45, 7) is 11.7. The van der Waals surface area contributed by atoms with E-state index >= 15 is 0 Å². The van der Waals surface area contributed by atoms with Crippen molar-refractivity contribution < 1.29 is 14.3 Å².